The van der Waals surface area contributed by atoms with Crippen molar-refractivity contribution in [1.29, 1.82) is 0 Å². The van der Waals surface area contributed by atoms with E-state index >= 15 is 0 Å². The molecule has 7 nitrogen and oxygen atoms in total. The van der Waals surface area contributed by atoms with E-state index in [1.165, 1.54) is 18.2 Å². The number of aromatic hydroxyl groups is 1. The lowest BCUT2D eigenvalue weighted by Gasteiger charge is -2.06. The van der Waals surface area contributed by atoms with Gasteiger partial charge in [-0.15, -0.1) is 10.2 Å². The number of hydrogen-bond donors (Lipinski definition) is 1. The third-order valence-electron chi connectivity index (χ3n) is 4.95. The molecule has 0 saturated heterocycles. The zero-order valence-corrected chi connectivity index (χ0v) is 17.1. The minimum atomic E-state index is -0.166. The molecule has 5 rings (SSSR count). The van der Waals surface area contributed by atoms with Gasteiger partial charge in [-0.2, -0.15) is 0 Å². The van der Waals surface area contributed by atoms with E-state index < -0.39 is 0 Å². The summed E-state index contributed by atoms with van der Waals surface area (Å²) < 4.78 is 17.4. The fourth-order valence-corrected chi connectivity index (χ4v) is 3.34. The first kappa shape index (κ1) is 19.6. The number of aromatic nitrogens is 2. The first-order valence-electron chi connectivity index (χ1n) is 9.95. The molecule has 0 radical (unpaired) electrons. The third-order valence-corrected chi connectivity index (χ3v) is 4.95. The highest BCUT2D eigenvalue weighted by atomic mass is 16.5. The molecule has 0 unspecified atom stereocenters. The van der Waals surface area contributed by atoms with Crippen molar-refractivity contribution in [3.63, 3.8) is 0 Å². The number of phenolic OH excluding ortho intramolecular Hbond substituents is 1. The highest BCUT2D eigenvalue weighted by Gasteiger charge is 2.11. The fraction of sp³-hybridized carbons (Fsp3) is 0.0800. The van der Waals surface area contributed by atoms with Crippen LogP contribution in [0.4, 0.5) is 0 Å². The quantitative estimate of drug-likeness (QED) is 0.417. The molecule has 1 N–H and O–H groups in total. The molecule has 32 heavy (non-hydrogen) atoms. The van der Waals surface area contributed by atoms with Crippen molar-refractivity contribution in [2.24, 2.45) is 0 Å². The Bertz CT molecular complexity index is 1470. The number of rotatable bonds is 5. The SMILES string of the molecule is Cc1cccc(-c2nnc(COc3ccc4c(=O)cc(-c5ccc(O)cc5)oc4c3)o2)c1. The normalized spacial score (nSPS) is 11.0. The van der Waals surface area contributed by atoms with E-state index in [-0.39, 0.29) is 17.8 Å². The Morgan fingerprint density at radius 1 is 0.906 bits per heavy atom. The Kier molecular flexibility index (Phi) is 4.91. The molecule has 7 heteroatoms. The highest BCUT2D eigenvalue weighted by Crippen LogP contribution is 2.27. The molecule has 0 saturated carbocycles. The first-order valence-corrected chi connectivity index (χ1v) is 9.95. The van der Waals surface area contributed by atoms with Crippen molar-refractivity contribution in [3.05, 3.63) is 94.5 Å². The predicted molar refractivity (Wildman–Crippen MR) is 118 cm³/mol. The Morgan fingerprint density at radius 2 is 1.75 bits per heavy atom. The van der Waals surface area contributed by atoms with E-state index in [1.807, 2.05) is 31.2 Å². The molecule has 0 aliphatic carbocycles. The van der Waals surface area contributed by atoms with Crippen LogP contribution in [0.2, 0.25) is 0 Å². The lowest BCUT2D eigenvalue weighted by molar-refractivity contribution is 0.264. The van der Waals surface area contributed by atoms with Crippen LogP contribution in [0.1, 0.15) is 11.5 Å². The molecule has 5 aromatic rings. The molecule has 2 heterocycles. The summed E-state index contributed by atoms with van der Waals surface area (Å²) in [4.78, 5) is 12.5. The van der Waals surface area contributed by atoms with Crippen LogP contribution in [0.3, 0.4) is 0 Å². The number of benzene rings is 3. The van der Waals surface area contributed by atoms with Gasteiger partial charge in [-0.1, -0.05) is 17.7 Å². The van der Waals surface area contributed by atoms with Gasteiger partial charge < -0.3 is 18.7 Å². The summed E-state index contributed by atoms with van der Waals surface area (Å²) in [5.41, 5.74) is 2.85. The first-order chi connectivity index (χ1) is 15.5. The van der Waals surface area contributed by atoms with Gasteiger partial charge in [0.25, 0.3) is 5.89 Å². The number of ether oxygens (including phenoxy) is 1. The van der Waals surface area contributed by atoms with Gasteiger partial charge in [-0.25, -0.2) is 0 Å². The second-order valence-corrected chi connectivity index (χ2v) is 7.34. The number of phenols is 1. The number of nitrogens with zero attached hydrogens (tertiary/aromatic N) is 2. The summed E-state index contributed by atoms with van der Waals surface area (Å²) in [6.45, 7) is 2.07. The summed E-state index contributed by atoms with van der Waals surface area (Å²) in [5, 5.41) is 18.0. The van der Waals surface area contributed by atoms with E-state index in [1.54, 1.807) is 30.3 Å². The zero-order chi connectivity index (χ0) is 22.1. The van der Waals surface area contributed by atoms with Crippen LogP contribution in [-0.2, 0) is 6.61 Å². The minimum Gasteiger partial charge on any atom is -0.508 e. The molecular weight excluding hydrogens is 408 g/mol. The predicted octanol–water partition coefficient (Wildman–Crippen LogP) is 5.10. The van der Waals surface area contributed by atoms with Crippen molar-refractivity contribution in [2.75, 3.05) is 0 Å². The van der Waals surface area contributed by atoms with Crippen LogP contribution in [0.5, 0.6) is 11.5 Å². The molecule has 0 bridgehead atoms. The van der Waals surface area contributed by atoms with E-state index in [2.05, 4.69) is 10.2 Å². The van der Waals surface area contributed by atoms with Crippen LogP contribution in [-0.4, -0.2) is 15.3 Å². The summed E-state index contributed by atoms with van der Waals surface area (Å²) in [5.74, 6) is 1.80. The second-order valence-electron chi connectivity index (χ2n) is 7.34. The van der Waals surface area contributed by atoms with Crippen molar-refractivity contribution < 1.29 is 18.7 Å². The molecule has 0 amide bonds. The lowest BCUT2D eigenvalue weighted by atomic mass is 10.1. The minimum absolute atomic E-state index is 0.0756. The second kappa shape index (κ2) is 8.03. The Labute approximate surface area is 182 Å². The number of fused-ring (bicyclic) bond motifs is 1. The largest absolute Gasteiger partial charge is 0.508 e. The zero-order valence-electron chi connectivity index (χ0n) is 17.1. The highest BCUT2D eigenvalue weighted by molar-refractivity contribution is 5.80. The average molecular weight is 426 g/mol. The van der Waals surface area contributed by atoms with E-state index in [4.69, 9.17) is 13.6 Å². The van der Waals surface area contributed by atoms with Crippen molar-refractivity contribution in [3.8, 4) is 34.3 Å². The third kappa shape index (κ3) is 3.96. The smallest absolute Gasteiger partial charge is 0.254 e. The summed E-state index contributed by atoms with van der Waals surface area (Å²) in [6.07, 6.45) is 0. The maximum atomic E-state index is 12.5. The van der Waals surface area contributed by atoms with Crippen LogP contribution >= 0.6 is 0 Å². The van der Waals surface area contributed by atoms with Crippen LogP contribution in [0, 0.1) is 6.92 Å². The Balaban J connectivity index is 1.38. The molecule has 158 valence electrons. The van der Waals surface area contributed by atoms with Crippen molar-refractivity contribution in [2.45, 2.75) is 13.5 Å². The molecule has 3 aromatic carbocycles. The van der Waals surface area contributed by atoms with Gasteiger partial charge >= 0.3 is 0 Å². The van der Waals surface area contributed by atoms with E-state index in [9.17, 15) is 9.90 Å². The van der Waals surface area contributed by atoms with Gasteiger partial charge in [-0.3, -0.25) is 4.79 Å². The molecule has 0 fully saturated rings. The maximum Gasteiger partial charge on any atom is 0.254 e. The Hall–Kier alpha value is -4.39. The van der Waals surface area contributed by atoms with E-state index in [0.29, 0.717) is 39.8 Å². The monoisotopic (exact) mass is 426 g/mol. The molecule has 0 atom stereocenters. The summed E-state index contributed by atoms with van der Waals surface area (Å²) in [6, 6.07) is 20.7. The standard InChI is InChI=1S/C25H18N2O5/c1-15-3-2-4-17(11-15)25-27-26-24(32-25)14-30-19-9-10-20-21(29)13-22(31-23(20)12-19)16-5-7-18(28)8-6-16/h2-13,28H,14H2,1H3. The number of aryl methyl sites for hydroxylation is 1. The fourth-order valence-electron chi connectivity index (χ4n) is 3.34. The van der Waals surface area contributed by atoms with Gasteiger partial charge in [0.15, 0.2) is 12.0 Å². The average Bonchev–Trinajstić information content (AvgIpc) is 3.27. The van der Waals surface area contributed by atoms with Crippen molar-refractivity contribution >= 4 is 11.0 Å². The van der Waals surface area contributed by atoms with Gasteiger partial charge in [-0.05, 0) is 55.5 Å². The molecule has 0 spiro atoms. The Morgan fingerprint density at radius 3 is 2.56 bits per heavy atom. The van der Waals surface area contributed by atoms with Crippen LogP contribution in [0.25, 0.3) is 33.7 Å². The van der Waals surface area contributed by atoms with E-state index in [0.717, 1.165) is 11.1 Å². The maximum absolute atomic E-state index is 12.5. The van der Waals surface area contributed by atoms with Crippen LogP contribution in [0.15, 0.2) is 86.4 Å². The summed E-state index contributed by atoms with van der Waals surface area (Å²) in [7, 11) is 0. The number of hydrogen-bond acceptors (Lipinski definition) is 7. The molecule has 2 aromatic heterocycles. The van der Waals surface area contributed by atoms with Gasteiger partial charge in [0.1, 0.15) is 22.8 Å². The van der Waals surface area contributed by atoms with Crippen LogP contribution < -0.4 is 10.2 Å². The van der Waals surface area contributed by atoms with Crippen molar-refractivity contribution in [1.82, 2.24) is 10.2 Å². The topological polar surface area (TPSA) is 98.6 Å². The molecule has 0 aliphatic heterocycles. The van der Waals surface area contributed by atoms with Gasteiger partial charge in [0.05, 0.1) is 5.39 Å². The lowest BCUT2D eigenvalue weighted by Crippen LogP contribution is -2.01. The van der Waals surface area contributed by atoms with Gasteiger partial charge in [0, 0.05) is 23.3 Å². The van der Waals surface area contributed by atoms with Gasteiger partial charge in [0.2, 0.25) is 5.89 Å². The molecular formula is C25H18N2O5. The molecule has 0 aliphatic rings. The summed E-state index contributed by atoms with van der Waals surface area (Å²) >= 11 is 0.